The lowest BCUT2D eigenvalue weighted by molar-refractivity contribution is -0.122. The van der Waals surface area contributed by atoms with Crippen LogP contribution in [0.1, 0.15) is 18.4 Å². The van der Waals surface area contributed by atoms with Crippen LogP contribution in [0.3, 0.4) is 0 Å². The van der Waals surface area contributed by atoms with Crippen LogP contribution in [0.5, 0.6) is 0 Å². The zero-order valence-electron chi connectivity index (χ0n) is 9.60. The number of carbonyl (C=O) groups excluding carboxylic acids is 1. The summed E-state index contributed by atoms with van der Waals surface area (Å²) in [5, 5.41) is 9.46. The van der Waals surface area contributed by atoms with Gasteiger partial charge in [-0.3, -0.25) is 4.79 Å². The Morgan fingerprint density at radius 2 is 2.12 bits per heavy atom. The molecule has 3 nitrogen and oxygen atoms in total. The molecule has 1 heterocycles. The summed E-state index contributed by atoms with van der Waals surface area (Å²) in [6.45, 7) is 0.0567. The van der Waals surface area contributed by atoms with Crippen molar-refractivity contribution in [3.05, 3.63) is 29.8 Å². The molecule has 0 spiro atoms. The van der Waals surface area contributed by atoms with E-state index in [9.17, 15) is 9.90 Å². The fourth-order valence-electron chi connectivity index (χ4n) is 3.17. The van der Waals surface area contributed by atoms with Crippen LogP contribution in [0.4, 0.5) is 5.69 Å². The minimum atomic E-state index is -0.0453. The highest BCUT2D eigenvalue weighted by Crippen LogP contribution is 2.76. The van der Waals surface area contributed by atoms with Crippen molar-refractivity contribution in [1.82, 2.24) is 0 Å². The molecule has 0 bridgehead atoms. The zero-order valence-corrected chi connectivity index (χ0v) is 9.60. The molecule has 17 heavy (non-hydrogen) atoms. The molecule has 2 saturated carbocycles. The van der Waals surface area contributed by atoms with Crippen LogP contribution in [0.15, 0.2) is 24.3 Å². The molecule has 1 amide bonds. The molecule has 0 radical (unpaired) electrons. The summed E-state index contributed by atoms with van der Waals surface area (Å²) in [7, 11) is 0. The SMILES string of the molecule is O=C(N1c2ccccc2C[C@H]1CO)C12CC1C2. The molecular formula is C14H15NO2. The largest absolute Gasteiger partial charge is 0.394 e. The minimum Gasteiger partial charge on any atom is -0.394 e. The molecule has 1 aliphatic heterocycles. The average Bonchev–Trinajstić information content (AvgIpc) is 3.16. The Bertz CT molecular complexity index is 505. The van der Waals surface area contributed by atoms with E-state index in [2.05, 4.69) is 6.07 Å². The van der Waals surface area contributed by atoms with Gasteiger partial charge in [0.25, 0.3) is 0 Å². The summed E-state index contributed by atoms with van der Waals surface area (Å²) < 4.78 is 0. The minimum absolute atomic E-state index is 0.00906. The first-order chi connectivity index (χ1) is 8.26. The molecule has 1 atom stereocenters. The zero-order chi connectivity index (χ0) is 11.6. The summed E-state index contributed by atoms with van der Waals surface area (Å²) in [5.74, 6) is 0.911. The number of carbonyl (C=O) groups is 1. The molecule has 0 aromatic heterocycles. The van der Waals surface area contributed by atoms with Gasteiger partial charge in [0.15, 0.2) is 0 Å². The molecule has 2 aliphatic carbocycles. The highest BCUT2D eigenvalue weighted by Gasteiger charge is 2.75. The lowest BCUT2D eigenvalue weighted by Gasteiger charge is -2.25. The fraction of sp³-hybridized carbons (Fsp3) is 0.500. The number of nitrogens with zero attached hydrogens (tertiary/aromatic N) is 1. The number of para-hydroxylation sites is 1. The van der Waals surface area contributed by atoms with Crippen molar-refractivity contribution >= 4 is 11.6 Å². The van der Waals surface area contributed by atoms with Crippen LogP contribution >= 0.6 is 0 Å². The summed E-state index contributed by atoms with van der Waals surface area (Å²) in [6, 6.07) is 7.97. The first-order valence-electron chi connectivity index (χ1n) is 6.29. The predicted molar refractivity (Wildman–Crippen MR) is 63.7 cm³/mol. The van der Waals surface area contributed by atoms with Crippen LogP contribution in [-0.2, 0) is 11.2 Å². The lowest BCUT2D eigenvalue weighted by atomic mass is 10.1. The third-order valence-electron chi connectivity index (χ3n) is 4.61. The van der Waals surface area contributed by atoms with E-state index in [-0.39, 0.29) is 24.0 Å². The van der Waals surface area contributed by atoms with Gasteiger partial charge in [-0.25, -0.2) is 0 Å². The number of hydrogen-bond acceptors (Lipinski definition) is 2. The van der Waals surface area contributed by atoms with E-state index >= 15 is 0 Å². The summed E-state index contributed by atoms with van der Waals surface area (Å²) in [4.78, 5) is 14.4. The van der Waals surface area contributed by atoms with E-state index in [1.165, 1.54) is 5.56 Å². The van der Waals surface area contributed by atoms with Gasteiger partial charge in [0.2, 0.25) is 5.91 Å². The van der Waals surface area contributed by atoms with Gasteiger partial charge in [0.1, 0.15) is 0 Å². The highest BCUT2D eigenvalue weighted by atomic mass is 16.3. The number of hydrogen-bond donors (Lipinski definition) is 1. The van der Waals surface area contributed by atoms with Crippen molar-refractivity contribution in [2.24, 2.45) is 11.3 Å². The predicted octanol–water partition coefficient (Wildman–Crippen LogP) is 1.35. The van der Waals surface area contributed by atoms with Gasteiger partial charge in [-0.15, -0.1) is 0 Å². The van der Waals surface area contributed by atoms with E-state index in [0.29, 0.717) is 5.92 Å². The fourth-order valence-corrected chi connectivity index (χ4v) is 3.17. The summed E-state index contributed by atoms with van der Waals surface area (Å²) in [6.07, 6.45) is 2.93. The first kappa shape index (κ1) is 9.66. The lowest BCUT2D eigenvalue weighted by Crippen LogP contribution is -2.42. The molecule has 1 aromatic carbocycles. The smallest absolute Gasteiger partial charge is 0.233 e. The van der Waals surface area contributed by atoms with E-state index in [1.807, 2.05) is 23.1 Å². The highest BCUT2D eigenvalue weighted by molar-refractivity contribution is 6.04. The third kappa shape index (κ3) is 1.12. The van der Waals surface area contributed by atoms with Crippen molar-refractivity contribution in [2.45, 2.75) is 25.3 Å². The molecule has 0 unspecified atom stereocenters. The number of amides is 1. The van der Waals surface area contributed by atoms with E-state index < -0.39 is 0 Å². The first-order valence-corrected chi connectivity index (χ1v) is 6.29. The van der Waals surface area contributed by atoms with Gasteiger partial charge >= 0.3 is 0 Å². The maximum atomic E-state index is 12.5. The number of anilines is 1. The molecule has 1 N–H and O–H groups in total. The molecular weight excluding hydrogens is 214 g/mol. The maximum Gasteiger partial charge on any atom is 0.233 e. The van der Waals surface area contributed by atoms with Crippen LogP contribution in [-0.4, -0.2) is 23.7 Å². The monoisotopic (exact) mass is 229 g/mol. The van der Waals surface area contributed by atoms with Crippen molar-refractivity contribution in [3.63, 3.8) is 0 Å². The average molecular weight is 229 g/mol. The Hall–Kier alpha value is -1.35. The second-order valence-electron chi connectivity index (χ2n) is 5.61. The Balaban J connectivity index is 1.74. The van der Waals surface area contributed by atoms with Crippen molar-refractivity contribution < 1.29 is 9.90 Å². The molecule has 4 rings (SSSR count). The normalized spacial score (nSPS) is 36.4. The van der Waals surface area contributed by atoms with Gasteiger partial charge in [-0.2, -0.15) is 0 Å². The van der Waals surface area contributed by atoms with E-state index in [0.717, 1.165) is 24.9 Å². The summed E-state index contributed by atoms with van der Waals surface area (Å²) in [5.41, 5.74) is 2.20. The van der Waals surface area contributed by atoms with Crippen molar-refractivity contribution in [2.75, 3.05) is 11.5 Å². The Morgan fingerprint density at radius 1 is 1.41 bits per heavy atom. The Morgan fingerprint density at radius 3 is 2.76 bits per heavy atom. The third-order valence-corrected chi connectivity index (χ3v) is 4.61. The number of aliphatic hydroxyl groups excluding tert-OH is 1. The van der Waals surface area contributed by atoms with Gasteiger partial charge in [-0.05, 0) is 36.8 Å². The molecule has 88 valence electrons. The second-order valence-corrected chi connectivity index (χ2v) is 5.61. The standard InChI is InChI=1S/C14H15NO2/c16-8-11-5-9-3-1-2-4-12(9)15(11)13(17)14-6-10(14)7-14/h1-4,10-11,16H,5-8H2/t10?,11-,14?/m0/s1. The van der Waals surface area contributed by atoms with Gasteiger partial charge in [-0.1, -0.05) is 18.2 Å². The maximum absolute atomic E-state index is 12.5. The molecule has 3 heteroatoms. The van der Waals surface area contributed by atoms with Crippen LogP contribution in [0.2, 0.25) is 0 Å². The number of rotatable bonds is 2. The summed E-state index contributed by atoms with van der Waals surface area (Å²) >= 11 is 0. The topological polar surface area (TPSA) is 40.5 Å². The van der Waals surface area contributed by atoms with Crippen LogP contribution in [0, 0.1) is 11.3 Å². The van der Waals surface area contributed by atoms with Gasteiger partial charge in [0, 0.05) is 5.69 Å². The van der Waals surface area contributed by atoms with Gasteiger partial charge in [0.05, 0.1) is 18.1 Å². The number of benzene rings is 1. The molecule has 0 saturated heterocycles. The quantitative estimate of drug-likeness (QED) is 0.831. The Kier molecular flexibility index (Phi) is 1.65. The van der Waals surface area contributed by atoms with Crippen LogP contribution in [0.25, 0.3) is 0 Å². The van der Waals surface area contributed by atoms with Crippen LogP contribution < -0.4 is 4.90 Å². The molecule has 1 aromatic rings. The van der Waals surface area contributed by atoms with E-state index in [1.54, 1.807) is 0 Å². The Labute approximate surface area is 100 Å². The molecule has 2 fully saturated rings. The second kappa shape index (κ2) is 2.91. The number of fused-ring (bicyclic) bond motifs is 2. The molecule has 3 aliphatic rings. The van der Waals surface area contributed by atoms with E-state index in [4.69, 9.17) is 0 Å². The van der Waals surface area contributed by atoms with Crippen molar-refractivity contribution in [3.8, 4) is 0 Å². The van der Waals surface area contributed by atoms with Gasteiger partial charge < -0.3 is 10.0 Å². The number of aliphatic hydroxyl groups is 1. The van der Waals surface area contributed by atoms with Crippen molar-refractivity contribution in [1.29, 1.82) is 0 Å².